The van der Waals surface area contributed by atoms with Crippen molar-refractivity contribution in [3.63, 3.8) is 0 Å². The molecule has 0 aliphatic carbocycles. The molecule has 3 rings (SSSR count). The first-order chi connectivity index (χ1) is 9.18. The molecule has 1 unspecified atom stereocenters. The summed E-state index contributed by atoms with van der Waals surface area (Å²) in [6, 6.07) is 14.0. The van der Waals surface area contributed by atoms with Crippen LogP contribution < -0.4 is 0 Å². The Bertz CT molecular complexity index is 725. The normalized spacial score (nSPS) is 12.8. The van der Waals surface area contributed by atoms with Crippen LogP contribution in [0.5, 0.6) is 0 Å². The standard InChI is InChI=1S/C17H16O2/c1-11-7-8-16(15-6-4-3-5-13(11)15)17(18)14-9-10-19-12(14)2/h3-10,17-18H,1-2H3. The monoisotopic (exact) mass is 252 g/mol. The summed E-state index contributed by atoms with van der Waals surface area (Å²) in [5.74, 6) is 0.761. The van der Waals surface area contributed by atoms with Gasteiger partial charge in [0.1, 0.15) is 11.9 Å². The average molecular weight is 252 g/mol. The Hall–Kier alpha value is -2.06. The van der Waals surface area contributed by atoms with Crippen LogP contribution in [0.2, 0.25) is 0 Å². The van der Waals surface area contributed by atoms with E-state index in [0.717, 1.165) is 22.3 Å². The molecule has 1 atom stereocenters. The highest BCUT2D eigenvalue weighted by Crippen LogP contribution is 2.32. The van der Waals surface area contributed by atoms with Crippen molar-refractivity contribution in [3.8, 4) is 0 Å². The molecule has 3 aromatic rings. The lowest BCUT2D eigenvalue weighted by Crippen LogP contribution is -2.01. The summed E-state index contributed by atoms with van der Waals surface area (Å²) in [5.41, 5.74) is 2.97. The van der Waals surface area contributed by atoms with Crippen LogP contribution >= 0.6 is 0 Å². The van der Waals surface area contributed by atoms with Crippen molar-refractivity contribution >= 4 is 10.8 Å². The highest BCUT2D eigenvalue weighted by Gasteiger charge is 2.17. The second kappa shape index (κ2) is 4.56. The number of hydrogen-bond donors (Lipinski definition) is 1. The molecule has 1 heterocycles. The van der Waals surface area contributed by atoms with Gasteiger partial charge in [0, 0.05) is 5.56 Å². The van der Waals surface area contributed by atoms with Crippen LogP contribution in [0.25, 0.3) is 10.8 Å². The largest absolute Gasteiger partial charge is 0.469 e. The summed E-state index contributed by atoms with van der Waals surface area (Å²) < 4.78 is 5.28. The van der Waals surface area contributed by atoms with E-state index in [1.165, 1.54) is 10.9 Å². The minimum Gasteiger partial charge on any atom is -0.469 e. The molecule has 2 nitrogen and oxygen atoms in total. The van der Waals surface area contributed by atoms with E-state index in [0.29, 0.717) is 0 Å². The second-order valence-electron chi connectivity index (χ2n) is 4.85. The molecule has 0 bridgehead atoms. The number of fused-ring (bicyclic) bond motifs is 1. The van der Waals surface area contributed by atoms with Gasteiger partial charge in [-0.05, 0) is 41.8 Å². The molecule has 0 spiro atoms. The van der Waals surface area contributed by atoms with E-state index in [-0.39, 0.29) is 0 Å². The maximum atomic E-state index is 10.6. The van der Waals surface area contributed by atoms with Crippen molar-refractivity contribution in [2.24, 2.45) is 0 Å². The van der Waals surface area contributed by atoms with E-state index < -0.39 is 6.10 Å². The Balaban J connectivity index is 2.21. The SMILES string of the molecule is Cc1occc1C(O)c1ccc(C)c2ccccc12. The van der Waals surface area contributed by atoms with Crippen LogP contribution in [0.3, 0.4) is 0 Å². The van der Waals surface area contributed by atoms with E-state index in [9.17, 15) is 5.11 Å². The predicted octanol–water partition coefficient (Wildman–Crippen LogP) is 4.13. The van der Waals surface area contributed by atoms with E-state index in [1.807, 2.05) is 31.2 Å². The number of furan rings is 1. The maximum Gasteiger partial charge on any atom is 0.108 e. The predicted molar refractivity (Wildman–Crippen MR) is 76.2 cm³/mol. The van der Waals surface area contributed by atoms with Gasteiger partial charge in [-0.25, -0.2) is 0 Å². The van der Waals surface area contributed by atoms with Crippen LogP contribution in [0.4, 0.5) is 0 Å². The Morgan fingerprint density at radius 1 is 0.895 bits per heavy atom. The second-order valence-corrected chi connectivity index (χ2v) is 4.85. The molecule has 2 heteroatoms. The van der Waals surface area contributed by atoms with Crippen molar-refractivity contribution in [1.29, 1.82) is 0 Å². The summed E-state index contributed by atoms with van der Waals surface area (Å²) in [7, 11) is 0. The van der Waals surface area contributed by atoms with Gasteiger partial charge in [-0.1, -0.05) is 36.4 Å². The Labute approximate surface area is 112 Å². The summed E-state index contributed by atoms with van der Waals surface area (Å²) >= 11 is 0. The summed E-state index contributed by atoms with van der Waals surface area (Å²) in [6.45, 7) is 3.95. The van der Waals surface area contributed by atoms with Gasteiger partial charge in [0.25, 0.3) is 0 Å². The maximum absolute atomic E-state index is 10.6. The summed E-state index contributed by atoms with van der Waals surface area (Å²) in [6.07, 6.45) is 0.967. The fourth-order valence-corrected chi connectivity index (χ4v) is 2.56. The van der Waals surface area contributed by atoms with Gasteiger partial charge in [0.05, 0.1) is 6.26 Å². The van der Waals surface area contributed by atoms with Gasteiger partial charge >= 0.3 is 0 Å². The first-order valence-electron chi connectivity index (χ1n) is 6.39. The zero-order chi connectivity index (χ0) is 13.4. The molecule has 0 aliphatic rings. The summed E-state index contributed by atoms with van der Waals surface area (Å²) in [4.78, 5) is 0. The molecule has 0 saturated carbocycles. The van der Waals surface area contributed by atoms with Crippen molar-refractivity contribution in [3.05, 3.63) is 71.2 Å². The number of aliphatic hydroxyl groups excluding tert-OH is 1. The van der Waals surface area contributed by atoms with Crippen LogP contribution in [0, 0.1) is 13.8 Å². The number of aryl methyl sites for hydroxylation is 2. The highest BCUT2D eigenvalue weighted by molar-refractivity contribution is 5.89. The van der Waals surface area contributed by atoms with Gasteiger partial charge in [-0.15, -0.1) is 0 Å². The van der Waals surface area contributed by atoms with Crippen LogP contribution in [-0.2, 0) is 0 Å². The van der Waals surface area contributed by atoms with Crippen LogP contribution in [-0.4, -0.2) is 5.11 Å². The molecule has 1 aromatic heterocycles. The molecule has 0 fully saturated rings. The Morgan fingerprint density at radius 3 is 2.32 bits per heavy atom. The van der Waals surface area contributed by atoms with E-state index >= 15 is 0 Å². The molecule has 19 heavy (non-hydrogen) atoms. The fraction of sp³-hybridized carbons (Fsp3) is 0.176. The van der Waals surface area contributed by atoms with E-state index in [2.05, 4.69) is 25.1 Å². The minimum absolute atomic E-state index is 0.649. The topological polar surface area (TPSA) is 33.4 Å². The van der Waals surface area contributed by atoms with Crippen LogP contribution in [0.15, 0.2) is 53.1 Å². The van der Waals surface area contributed by atoms with E-state index in [1.54, 1.807) is 6.26 Å². The lowest BCUT2D eigenvalue weighted by atomic mass is 9.94. The summed E-state index contributed by atoms with van der Waals surface area (Å²) in [5, 5.41) is 12.9. The third-order valence-electron chi connectivity index (χ3n) is 3.66. The highest BCUT2D eigenvalue weighted by atomic mass is 16.3. The lowest BCUT2D eigenvalue weighted by Gasteiger charge is -2.14. The van der Waals surface area contributed by atoms with Crippen LogP contribution in [0.1, 0.15) is 28.6 Å². The smallest absolute Gasteiger partial charge is 0.108 e. The molecule has 0 radical (unpaired) electrons. The molecule has 2 aromatic carbocycles. The quantitative estimate of drug-likeness (QED) is 0.744. The first-order valence-corrected chi connectivity index (χ1v) is 6.39. The number of benzene rings is 2. The van der Waals surface area contributed by atoms with Gasteiger partial charge in [-0.3, -0.25) is 0 Å². The van der Waals surface area contributed by atoms with Crippen molar-refractivity contribution in [2.75, 3.05) is 0 Å². The molecule has 0 aliphatic heterocycles. The third-order valence-corrected chi connectivity index (χ3v) is 3.66. The minimum atomic E-state index is -0.649. The number of hydrogen-bond acceptors (Lipinski definition) is 2. The molecule has 96 valence electrons. The zero-order valence-electron chi connectivity index (χ0n) is 11.1. The van der Waals surface area contributed by atoms with Gasteiger partial charge in [0.2, 0.25) is 0 Å². The van der Waals surface area contributed by atoms with Crippen molar-refractivity contribution < 1.29 is 9.52 Å². The lowest BCUT2D eigenvalue weighted by molar-refractivity contribution is 0.219. The number of aliphatic hydroxyl groups is 1. The molecule has 1 N–H and O–H groups in total. The average Bonchev–Trinajstić information content (AvgIpc) is 2.85. The van der Waals surface area contributed by atoms with Gasteiger partial charge in [-0.2, -0.15) is 0 Å². The van der Waals surface area contributed by atoms with Crippen molar-refractivity contribution in [2.45, 2.75) is 20.0 Å². The molecular formula is C17H16O2. The first kappa shape index (κ1) is 12.0. The molecular weight excluding hydrogens is 236 g/mol. The Kier molecular flexibility index (Phi) is 2.88. The van der Waals surface area contributed by atoms with Gasteiger partial charge in [0.15, 0.2) is 0 Å². The van der Waals surface area contributed by atoms with Gasteiger partial charge < -0.3 is 9.52 Å². The Morgan fingerprint density at radius 2 is 1.63 bits per heavy atom. The fourth-order valence-electron chi connectivity index (χ4n) is 2.56. The molecule has 0 saturated heterocycles. The number of rotatable bonds is 2. The van der Waals surface area contributed by atoms with Crippen molar-refractivity contribution in [1.82, 2.24) is 0 Å². The third kappa shape index (κ3) is 1.94. The van der Waals surface area contributed by atoms with E-state index in [4.69, 9.17) is 4.42 Å². The zero-order valence-corrected chi connectivity index (χ0v) is 11.1. The molecule has 0 amide bonds.